The lowest BCUT2D eigenvalue weighted by Gasteiger charge is -2.09. The summed E-state index contributed by atoms with van der Waals surface area (Å²) in [6.45, 7) is 3.67. The fourth-order valence-corrected chi connectivity index (χ4v) is 2.31. The Morgan fingerprint density at radius 2 is 2.04 bits per heavy atom. The van der Waals surface area contributed by atoms with Crippen molar-refractivity contribution in [2.45, 2.75) is 26.8 Å². The van der Waals surface area contributed by atoms with Gasteiger partial charge in [-0.3, -0.25) is 14.3 Å². The molecule has 1 aromatic carbocycles. The molecule has 1 heterocycles. The molecule has 3 N–H and O–H groups in total. The van der Waals surface area contributed by atoms with E-state index >= 15 is 0 Å². The van der Waals surface area contributed by atoms with Crippen molar-refractivity contribution in [3.63, 3.8) is 0 Å². The molecule has 0 saturated heterocycles. The number of phenolic OH excluding ortho intramolecular Hbond substituents is 1. The number of carboxylic acid groups (broad SMARTS) is 1. The van der Waals surface area contributed by atoms with E-state index in [1.54, 1.807) is 19.9 Å². The van der Waals surface area contributed by atoms with Crippen LogP contribution in [0.4, 0.5) is 5.69 Å². The maximum Gasteiger partial charge on any atom is 0.305 e. The van der Waals surface area contributed by atoms with Crippen LogP contribution in [-0.4, -0.2) is 39.0 Å². The predicted octanol–water partition coefficient (Wildman–Crippen LogP) is 1.94. The van der Waals surface area contributed by atoms with Crippen LogP contribution in [0.5, 0.6) is 11.5 Å². The monoisotopic (exact) mass is 333 g/mol. The molecular weight excluding hydrogens is 314 g/mol. The molecule has 24 heavy (non-hydrogen) atoms. The van der Waals surface area contributed by atoms with E-state index in [9.17, 15) is 14.7 Å². The van der Waals surface area contributed by atoms with Gasteiger partial charge in [-0.15, -0.1) is 0 Å². The molecule has 0 radical (unpaired) electrons. The number of carboxylic acids is 1. The van der Waals surface area contributed by atoms with Gasteiger partial charge in [-0.1, -0.05) is 0 Å². The minimum Gasteiger partial charge on any atom is -0.507 e. The van der Waals surface area contributed by atoms with E-state index in [1.807, 2.05) is 0 Å². The van der Waals surface area contributed by atoms with Crippen LogP contribution in [0.3, 0.4) is 0 Å². The lowest BCUT2D eigenvalue weighted by Crippen LogP contribution is -2.14. The minimum atomic E-state index is -0.920. The Morgan fingerprint density at radius 1 is 1.33 bits per heavy atom. The molecule has 2 aromatic rings. The number of phenols is 1. The van der Waals surface area contributed by atoms with Gasteiger partial charge < -0.3 is 20.3 Å². The lowest BCUT2D eigenvalue weighted by atomic mass is 10.1. The normalized spacial score (nSPS) is 10.5. The largest absolute Gasteiger partial charge is 0.507 e. The Morgan fingerprint density at radius 3 is 2.62 bits per heavy atom. The molecule has 1 amide bonds. The zero-order chi connectivity index (χ0) is 17.9. The number of hydrogen-bond acceptors (Lipinski definition) is 5. The highest BCUT2D eigenvalue weighted by Crippen LogP contribution is 2.26. The van der Waals surface area contributed by atoms with Gasteiger partial charge in [-0.25, -0.2) is 0 Å². The van der Waals surface area contributed by atoms with Gasteiger partial charge >= 0.3 is 5.97 Å². The van der Waals surface area contributed by atoms with Gasteiger partial charge in [0.05, 0.1) is 42.7 Å². The van der Waals surface area contributed by atoms with Gasteiger partial charge in [0.15, 0.2) is 0 Å². The zero-order valence-corrected chi connectivity index (χ0v) is 13.7. The third-order valence-corrected chi connectivity index (χ3v) is 3.61. The summed E-state index contributed by atoms with van der Waals surface area (Å²) in [7, 11) is 1.47. The molecule has 0 fully saturated rings. The number of ether oxygens (including phenoxy) is 1. The molecule has 0 aliphatic heterocycles. The van der Waals surface area contributed by atoms with Crippen LogP contribution in [0.25, 0.3) is 0 Å². The highest BCUT2D eigenvalue weighted by molar-refractivity contribution is 6.06. The van der Waals surface area contributed by atoms with Crippen LogP contribution >= 0.6 is 0 Å². The Balaban J connectivity index is 2.21. The number of benzene rings is 1. The maximum absolute atomic E-state index is 12.4. The molecule has 0 aliphatic carbocycles. The molecule has 0 bridgehead atoms. The van der Waals surface area contributed by atoms with Crippen molar-refractivity contribution in [1.82, 2.24) is 9.78 Å². The van der Waals surface area contributed by atoms with Gasteiger partial charge in [0.2, 0.25) is 0 Å². The summed E-state index contributed by atoms with van der Waals surface area (Å²) in [6.07, 6.45) is -0.0609. The molecule has 128 valence electrons. The van der Waals surface area contributed by atoms with Crippen LogP contribution < -0.4 is 10.1 Å². The molecule has 8 nitrogen and oxygen atoms in total. The minimum absolute atomic E-state index is 0.0609. The number of aromatic hydroxyl groups is 1. The summed E-state index contributed by atoms with van der Waals surface area (Å²) in [5.74, 6) is -1.16. The molecule has 0 atom stereocenters. The summed E-state index contributed by atoms with van der Waals surface area (Å²) >= 11 is 0. The average molecular weight is 333 g/mol. The number of rotatable bonds is 6. The van der Waals surface area contributed by atoms with Crippen LogP contribution in [0.15, 0.2) is 18.2 Å². The Labute approximate surface area is 138 Å². The third kappa shape index (κ3) is 3.65. The van der Waals surface area contributed by atoms with Crippen molar-refractivity contribution in [2.75, 3.05) is 12.4 Å². The number of amides is 1. The number of aromatic nitrogens is 2. The van der Waals surface area contributed by atoms with Crippen LogP contribution in [0, 0.1) is 13.8 Å². The number of anilines is 1. The number of aryl methyl sites for hydroxylation is 2. The highest BCUT2D eigenvalue weighted by Gasteiger charge is 2.18. The summed E-state index contributed by atoms with van der Waals surface area (Å²) < 4.78 is 6.52. The van der Waals surface area contributed by atoms with E-state index in [4.69, 9.17) is 9.84 Å². The number of nitrogens with one attached hydrogen (secondary N) is 1. The van der Waals surface area contributed by atoms with E-state index in [1.165, 1.54) is 23.9 Å². The molecular formula is C16H19N3O5. The topological polar surface area (TPSA) is 114 Å². The van der Waals surface area contributed by atoms with Gasteiger partial charge in [0.25, 0.3) is 5.91 Å². The number of carbonyl (C=O) groups is 2. The van der Waals surface area contributed by atoms with E-state index in [0.717, 1.165) is 0 Å². The van der Waals surface area contributed by atoms with Crippen molar-refractivity contribution in [3.05, 3.63) is 35.2 Å². The molecule has 0 spiro atoms. The molecule has 0 aliphatic rings. The summed E-state index contributed by atoms with van der Waals surface area (Å²) in [4.78, 5) is 23.1. The first-order chi connectivity index (χ1) is 11.3. The van der Waals surface area contributed by atoms with Gasteiger partial charge in [0, 0.05) is 6.07 Å². The Bertz CT molecular complexity index is 782. The molecule has 1 aromatic heterocycles. The molecule has 2 rings (SSSR count). The molecule has 0 saturated carbocycles. The van der Waals surface area contributed by atoms with Crippen molar-refractivity contribution < 1.29 is 24.5 Å². The SMILES string of the molecule is COc1ccc(C(=O)Nc2c(C)nn(CCC(=O)O)c2C)c(O)c1. The van der Waals surface area contributed by atoms with Crippen LogP contribution in [0.2, 0.25) is 0 Å². The van der Waals surface area contributed by atoms with Gasteiger partial charge in [0.1, 0.15) is 11.5 Å². The van der Waals surface area contributed by atoms with Crippen molar-refractivity contribution >= 4 is 17.6 Å². The van der Waals surface area contributed by atoms with Crippen LogP contribution in [0.1, 0.15) is 28.2 Å². The van der Waals surface area contributed by atoms with Crippen molar-refractivity contribution in [2.24, 2.45) is 0 Å². The van der Waals surface area contributed by atoms with Gasteiger partial charge in [-0.2, -0.15) is 5.10 Å². The first-order valence-electron chi connectivity index (χ1n) is 7.27. The number of carbonyl (C=O) groups excluding carboxylic acids is 1. The standard InChI is InChI=1S/C16H19N3O5/c1-9-15(10(2)19(18-9)7-6-14(21)22)17-16(23)12-5-4-11(24-3)8-13(12)20/h4-5,8,20H,6-7H2,1-3H3,(H,17,23)(H,21,22). The summed E-state index contributed by atoms with van der Waals surface area (Å²) in [6, 6.07) is 4.39. The zero-order valence-electron chi connectivity index (χ0n) is 13.7. The average Bonchev–Trinajstić information content (AvgIpc) is 2.80. The lowest BCUT2D eigenvalue weighted by molar-refractivity contribution is -0.137. The smallest absolute Gasteiger partial charge is 0.305 e. The number of hydrogen-bond donors (Lipinski definition) is 3. The Kier molecular flexibility index (Phi) is 5.08. The third-order valence-electron chi connectivity index (χ3n) is 3.61. The fourth-order valence-electron chi connectivity index (χ4n) is 2.31. The highest BCUT2D eigenvalue weighted by atomic mass is 16.5. The first kappa shape index (κ1) is 17.3. The summed E-state index contributed by atoms with van der Waals surface area (Å²) in [5.41, 5.74) is 1.82. The predicted molar refractivity (Wildman–Crippen MR) is 86.6 cm³/mol. The summed E-state index contributed by atoms with van der Waals surface area (Å²) in [5, 5.41) is 25.6. The van der Waals surface area contributed by atoms with Crippen molar-refractivity contribution in [1.29, 1.82) is 0 Å². The quantitative estimate of drug-likeness (QED) is 0.744. The van der Waals surface area contributed by atoms with Crippen LogP contribution in [-0.2, 0) is 11.3 Å². The molecule has 8 heteroatoms. The second-order valence-electron chi connectivity index (χ2n) is 5.25. The van der Waals surface area contributed by atoms with E-state index in [0.29, 0.717) is 22.8 Å². The fraction of sp³-hybridized carbons (Fsp3) is 0.312. The maximum atomic E-state index is 12.4. The Hall–Kier alpha value is -3.03. The van der Waals surface area contributed by atoms with Gasteiger partial charge in [-0.05, 0) is 26.0 Å². The number of nitrogens with zero attached hydrogens (tertiary/aromatic N) is 2. The first-order valence-corrected chi connectivity index (χ1v) is 7.27. The van der Waals surface area contributed by atoms with Crippen molar-refractivity contribution in [3.8, 4) is 11.5 Å². The van der Waals surface area contributed by atoms with E-state index in [-0.39, 0.29) is 24.3 Å². The van der Waals surface area contributed by atoms with E-state index < -0.39 is 11.9 Å². The van der Waals surface area contributed by atoms with E-state index in [2.05, 4.69) is 10.4 Å². The second-order valence-corrected chi connectivity index (χ2v) is 5.25. The number of methoxy groups -OCH3 is 1. The number of aliphatic carboxylic acids is 1. The molecule has 0 unspecified atom stereocenters. The second kappa shape index (κ2) is 7.03.